The van der Waals surface area contributed by atoms with Crippen LogP contribution < -0.4 is 9.64 Å². The van der Waals surface area contributed by atoms with Crippen molar-refractivity contribution in [3.8, 4) is 11.8 Å². The van der Waals surface area contributed by atoms with E-state index in [2.05, 4.69) is 0 Å². The third-order valence-corrected chi connectivity index (χ3v) is 3.79. The summed E-state index contributed by atoms with van der Waals surface area (Å²) in [5.41, 5.74) is 2.61. The highest BCUT2D eigenvalue weighted by atomic mass is 19.1. The van der Waals surface area contributed by atoms with Crippen molar-refractivity contribution in [3.63, 3.8) is 0 Å². The van der Waals surface area contributed by atoms with Crippen LogP contribution in [0.15, 0.2) is 42.5 Å². The molecule has 0 saturated heterocycles. The molecule has 0 unspecified atom stereocenters. The van der Waals surface area contributed by atoms with E-state index >= 15 is 0 Å². The molecule has 0 N–H and O–H groups in total. The van der Waals surface area contributed by atoms with Crippen LogP contribution >= 0.6 is 0 Å². The molecule has 0 heterocycles. The van der Waals surface area contributed by atoms with Crippen LogP contribution in [0.4, 0.5) is 10.1 Å². The Morgan fingerprint density at radius 1 is 1.07 bits per heavy atom. The molecule has 1 amide bonds. The fourth-order valence-electron chi connectivity index (χ4n) is 2.60. The number of halogens is 1. The van der Waals surface area contributed by atoms with E-state index in [-0.39, 0.29) is 13.0 Å². The molecule has 146 valence electrons. The number of carbonyl (C=O) groups is 2. The first kappa shape index (κ1) is 20.9. The first-order valence-corrected chi connectivity index (χ1v) is 8.68. The predicted octanol–water partition coefficient (Wildman–Crippen LogP) is 3.31. The van der Waals surface area contributed by atoms with Gasteiger partial charge in [-0.3, -0.25) is 4.79 Å². The van der Waals surface area contributed by atoms with Crippen molar-refractivity contribution in [2.24, 2.45) is 0 Å². The zero-order valence-electron chi connectivity index (χ0n) is 15.8. The molecular formula is C21H21FN2O4. The number of hydrogen-bond donors (Lipinski definition) is 0. The van der Waals surface area contributed by atoms with Crippen LogP contribution in [0.25, 0.3) is 0 Å². The van der Waals surface area contributed by atoms with Crippen LogP contribution in [0.1, 0.15) is 17.5 Å². The quantitative estimate of drug-likeness (QED) is 0.653. The maximum absolute atomic E-state index is 12.8. The second-order valence-corrected chi connectivity index (χ2v) is 6.20. The van der Waals surface area contributed by atoms with Gasteiger partial charge in [-0.2, -0.15) is 5.26 Å². The molecule has 0 saturated carbocycles. The van der Waals surface area contributed by atoms with E-state index in [9.17, 15) is 14.0 Å². The Kier molecular flexibility index (Phi) is 7.52. The Morgan fingerprint density at radius 2 is 1.71 bits per heavy atom. The molecule has 7 heteroatoms. The Hall–Kier alpha value is -3.40. The van der Waals surface area contributed by atoms with E-state index in [1.807, 2.05) is 38.1 Å². The number of nitrogens with zero attached hydrogens (tertiary/aromatic N) is 2. The molecule has 0 spiro atoms. The molecule has 6 nitrogen and oxygen atoms in total. The summed E-state index contributed by atoms with van der Waals surface area (Å²) in [4.78, 5) is 25.8. The van der Waals surface area contributed by atoms with Gasteiger partial charge in [-0.1, -0.05) is 6.07 Å². The maximum atomic E-state index is 12.8. The number of nitriles is 1. The molecule has 0 aliphatic heterocycles. The zero-order valence-corrected chi connectivity index (χ0v) is 15.8. The van der Waals surface area contributed by atoms with Gasteiger partial charge in [-0.25, -0.2) is 9.18 Å². The van der Waals surface area contributed by atoms with Crippen molar-refractivity contribution in [1.82, 2.24) is 0 Å². The van der Waals surface area contributed by atoms with Gasteiger partial charge in [0, 0.05) is 12.2 Å². The highest BCUT2D eigenvalue weighted by Crippen LogP contribution is 2.19. The minimum Gasteiger partial charge on any atom is -0.482 e. The zero-order chi connectivity index (χ0) is 20.5. The summed E-state index contributed by atoms with van der Waals surface area (Å²) in [5, 5.41) is 8.85. The molecule has 0 aliphatic carbocycles. The van der Waals surface area contributed by atoms with Crippen molar-refractivity contribution in [1.29, 1.82) is 5.26 Å². The van der Waals surface area contributed by atoms with E-state index < -0.39 is 30.9 Å². The molecule has 0 aliphatic rings. The number of anilines is 1. The van der Waals surface area contributed by atoms with Gasteiger partial charge in [0.25, 0.3) is 5.91 Å². The SMILES string of the molecule is Cc1cc(C)cc(N(CCC#N)C(=O)COC(=O)COc2ccc(F)cc2)c1. The summed E-state index contributed by atoms with van der Waals surface area (Å²) in [6, 6.07) is 12.8. The predicted molar refractivity (Wildman–Crippen MR) is 101 cm³/mol. The van der Waals surface area contributed by atoms with Crippen molar-refractivity contribution in [3.05, 3.63) is 59.4 Å². The van der Waals surface area contributed by atoms with Gasteiger partial charge in [0.15, 0.2) is 13.2 Å². The van der Waals surface area contributed by atoms with E-state index in [4.69, 9.17) is 14.7 Å². The number of carbonyl (C=O) groups excluding carboxylic acids is 2. The Morgan fingerprint density at radius 3 is 2.32 bits per heavy atom. The summed E-state index contributed by atoms with van der Waals surface area (Å²) in [6.45, 7) is 3.15. The molecule has 0 fully saturated rings. The Balaban J connectivity index is 1.94. The molecule has 2 aromatic carbocycles. The van der Waals surface area contributed by atoms with E-state index in [1.165, 1.54) is 29.2 Å². The number of amides is 1. The van der Waals surface area contributed by atoms with Crippen LogP contribution in [-0.2, 0) is 14.3 Å². The summed E-state index contributed by atoms with van der Waals surface area (Å²) in [6.07, 6.45) is 0.153. The minimum atomic E-state index is -0.724. The van der Waals surface area contributed by atoms with Gasteiger partial charge in [0.2, 0.25) is 0 Å². The lowest BCUT2D eigenvalue weighted by molar-refractivity contribution is -0.149. The smallest absolute Gasteiger partial charge is 0.344 e. The topological polar surface area (TPSA) is 79.6 Å². The van der Waals surface area contributed by atoms with Crippen LogP contribution in [0.5, 0.6) is 5.75 Å². The van der Waals surface area contributed by atoms with E-state index in [0.29, 0.717) is 11.4 Å². The number of rotatable bonds is 8. The lowest BCUT2D eigenvalue weighted by Crippen LogP contribution is -2.36. The summed E-state index contributed by atoms with van der Waals surface area (Å²) in [5.74, 6) is -1.26. The standard InChI is InChI=1S/C21H21FN2O4/c1-15-10-16(2)12-18(11-15)24(9-3-8-23)20(25)13-28-21(26)14-27-19-6-4-17(22)5-7-19/h4-7,10-12H,3,9,13-14H2,1-2H3. The van der Waals surface area contributed by atoms with Crippen LogP contribution in [-0.4, -0.2) is 31.6 Å². The molecular weight excluding hydrogens is 363 g/mol. The van der Waals surface area contributed by atoms with Crippen LogP contribution in [0.3, 0.4) is 0 Å². The van der Waals surface area contributed by atoms with Crippen molar-refractivity contribution in [2.75, 3.05) is 24.7 Å². The molecule has 2 aromatic rings. The molecule has 2 rings (SSSR count). The van der Waals surface area contributed by atoms with Gasteiger partial charge < -0.3 is 14.4 Å². The second kappa shape index (κ2) is 10.1. The molecule has 0 bridgehead atoms. The average molecular weight is 384 g/mol. The van der Waals surface area contributed by atoms with Crippen molar-refractivity contribution < 1.29 is 23.5 Å². The van der Waals surface area contributed by atoms with Gasteiger partial charge >= 0.3 is 5.97 Å². The maximum Gasteiger partial charge on any atom is 0.344 e. The van der Waals surface area contributed by atoms with Crippen molar-refractivity contribution in [2.45, 2.75) is 20.3 Å². The monoisotopic (exact) mass is 384 g/mol. The summed E-state index contributed by atoms with van der Waals surface area (Å²) < 4.78 is 23.0. The third-order valence-electron chi connectivity index (χ3n) is 3.79. The number of ether oxygens (including phenoxy) is 2. The molecule has 0 atom stereocenters. The first-order chi connectivity index (χ1) is 13.4. The first-order valence-electron chi connectivity index (χ1n) is 8.68. The summed E-state index contributed by atoms with van der Waals surface area (Å²) >= 11 is 0. The number of benzene rings is 2. The summed E-state index contributed by atoms with van der Waals surface area (Å²) in [7, 11) is 0. The number of esters is 1. The highest BCUT2D eigenvalue weighted by molar-refractivity contribution is 5.95. The second-order valence-electron chi connectivity index (χ2n) is 6.20. The van der Waals surface area contributed by atoms with Crippen molar-refractivity contribution >= 4 is 17.6 Å². The lowest BCUT2D eigenvalue weighted by atomic mass is 10.1. The Labute approximate surface area is 163 Å². The average Bonchev–Trinajstić information content (AvgIpc) is 2.65. The fraction of sp³-hybridized carbons (Fsp3) is 0.286. The van der Waals surface area contributed by atoms with Crippen LogP contribution in [0, 0.1) is 31.0 Å². The van der Waals surface area contributed by atoms with Gasteiger partial charge in [-0.15, -0.1) is 0 Å². The molecule has 0 radical (unpaired) electrons. The van der Waals surface area contributed by atoms with Gasteiger partial charge in [0.05, 0.1) is 12.5 Å². The van der Waals surface area contributed by atoms with Gasteiger partial charge in [-0.05, 0) is 61.4 Å². The van der Waals surface area contributed by atoms with E-state index in [0.717, 1.165) is 11.1 Å². The third kappa shape index (κ3) is 6.40. The normalized spacial score (nSPS) is 10.1. The highest BCUT2D eigenvalue weighted by Gasteiger charge is 2.18. The number of aryl methyl sites for hydroxylation is 2. The molecule has 28 heavy (non-hydrogen) atoms. The minimum absolute atomic E-state index is 0.153. The van der Waals surface area contributed by atoms with Crippen LogP contribution in [0.2, 0.25) is 0 Å². The largest absolute Gasteiger partial charge is 0.482 e. The van der Waals surface area contributed by atoms with E-state index in [1.54, 1.807) is 0 Å². The fourth-order valence-corrected chi connectivity index (χ4v) is 2.60. The number of hydrogen-bond acceptors (Lipinski definition) is 5. The lowest BCUT2D eigenvalue weighted by Gasteiger charge is -2.22. The van der Waals surface area contributed by atoms with Gasteiger partial charge in [0.1, 0.15) is 11.6 Å². The molecule has 0 aromatic heterocycles. The Bertz CT molecular complexity index is 855.